The first-order valence-electron chi connectivity index (χ1n) is 7.29. The van der Waals surface area contributed by atoms with E-state index in [1.807, 2.05) is 48.5 Å². The van der Waals surface area contributed by atoms with E-state index in [0.717, 1.165) is 35.3 Å². The van der Waals surface area contributed by atoms with Gasteiger partial charge in [-0.05, 0) is 41.7 Å². The Bertz CT molecular complexity index is 588. The average Bonchev–Trinajstić information content (AvgIpc) is 3.32. The molecule has 1 fully saturated rings. The van der Waals surface area contributed by atoms with Gasteiger partial charge in [-0.3, -0.25) is 0 Å². The monoisotopic (exact) mass is 284 g/mol. The number of aliphatic hydroxyl groups excluding tert-OH is 1. The van der Waals surface area contributed by atoms with E-state index in [9.17, 15) is 5.11 Å². The standard InChI is InChI=1S/C18H20O3/c1-20-12-14-4-2-3-5-17(14)18(19)13-6-8-15(9-7-13)21-16-10-11-16/h2-9,16,18-19H,10-12H2,1H3. The van der Waals surface area contributed by atoms with Crippen molar-refractivity contribution in [3.05, 3.63) is 65.2 Å². The fourth-order valence-electron chi connectivity index (χ4n) is 2.37. The fraction of sp³-hybridized carbons (Fsp3) is 0.333. The predicted molar refractivity (Wildman–Crippen MR) is 81.3 cm³/mol. The van der Waals surface area contributed by atoms with E-state index in [-0.39, 0.29) is 0 Å². The van der Waals surface area contributed by atoms with Crippen molar-refractivity contribution in [2.24, 2.45) is 0 Å². The van der Waals surface area contributed by atoms with Crippen LogP contribution in [0, 0.1) is 0 Å². The summed E-state index contributed by atoms with van der Waals surface area (Å²) in [5.41, 5.74) is 2.75. The van der Waals surface area contributed by atoms with Gasteiger partial charge < -0.3 is 14.6 Å². The van der Waals surface area contributed by atoms with Crippen LogP contribution < -0.4 is 4.74 Å². The second kappa shape index (κ2) is 6.29. The number of ether oxygens (including phenoxy) is 2. The first-order chi connectivity index (χ1) is 10.3. The summed E-state index contributed by atoms with van der Waals surface area (Å²) in [6, 6.07) is 15.5. The number of hydrogen-bond acceptors (Lipinski definition) is 3. The number of benzene rings is 2. The van der Waals surface area contributed by atoms with Gasteiger partial charge in [-0.25, -0.2) is 0 Å². The van der Waals surface area contributed by atoms with E-state index in [1.54, 1.807) is 7.11 Å². The SMILES string of the molecule is COCc1ccccc1C(O)c1ccc(OC2CC2)cc1. The molecule has 21 heavy (non-hydrogen) atoms. The smallest absolute Gasteiger partial charge is 0.119 e. The fourth-order valence-corrected chi connectivity index (χ4v) is 2.37. The maximum Gasteiger partial charge on any atom is 0.119 e. The molecular formula is C18H20O3. The first kappa shape index (κ1) is 14.1. The molecule has 3 heteroatoms. The predicted octanol–water partition coefficient (Wildman–Crippen LogP) is 3.46. The summed E-state index contributed by atoms with van der Waals surface area (Å²) in [7, 11) is 1.66. The Morgan fingerprint density at radius 3 is 2.48 bits per heavy atom. The van der Waals surface area contributed by atoms with Gasteiger partial charge in [0, 0.05) is 7.11 Å². The Morgan fingerprint density at radius 2 is 1.81 bits per heavy atom. The van der Waals surface area contributed by atoms with Crippen LogP contribution in [0.15, 0.2) is 48.5 Å². The lowest BCUT2D eigenvalue weighted by molar-refractivity contribution is 0.176. The number of aliphatic hydroxyl groups is 1. The van der Waals surface area contributed by atoms with Gasteiger partial charge in [0.05, 0.1) is 12.7 Å². The molecule has 1 atom stereocenters. The van der Waals surface area contributed by atoms with Crippen LogP contribution >= 0.6 is 0 Å². The Hall–Kier alpha value is -1.84. The van der Waals surface area contributed by atoms with Crippen LogP contribution in [0.5, 0.6) is 5.75 Å². The van der Waals surface area contributed by atoms with Gasteiger partial charge in [0.1, 0.15) is 11.9 Å². The van der Waals surface area contributed by atoms with Crippen molar-refractivity contribution in [1.82, 2.24) is 0 Å². The second-order valence-corrected chi connectivity index (χ2v) is 5.42. The third-order valence-corrected chi connectivity index (χ3v) is 3.67. The minimum Gasteiger partial charge on any atom is -0.490 e. The van der Waals surface area contributed by atoms with Crippen molar-refractivity contribution < 1.29 is 14.6 Å². The van der Waals surface area contributed by atoms with Crippen molar-refractivity contribution in [1.29, 1.82) is 0 Å². The number of hydrogen-bond donors (Lipinski definition) is 1. The highest BCUT2D eigenvalue weighted by Crippen LogP contribution is 2.30. The van der Waals surface area contributed by atoms with Gasteiger partial charge in [-0.2, -0.15) is 0 Å². The van der Waals surface area contributed by atoms with Crippen LogP contribution in [-0.4, -0.2) is 18.3 Å². The molecule has 0 amide bonds. The Morgan fingerprint density at radius 1 is 1.10 bits per heavy atom. The molecule has 2 aromatic rings. The maximum atomic E-state index is 10.6. The largest absolute Gasteiger partial charge is 0.490 e. The molecule has 110 valence electrons. The van der Waals surface area contributed by atoms with Crippen molar-refractivity contribution in [2.45, 2.75) is 31.7 Å². The zero-order chi connectivity index (χ0) is 14.7. The lowest BCUT2D eigenvalue weighted by Gasteiger charge is -2.16. The molecule has 3 rings (SSSR count). The molecule has 1 saturated carbocycles. The quantitative estimate of drug-likeness (QED) is 0.883. The van der Waals surface area contributed by atoms with Crippen LogP contribution in [0.25, 0.3) is 0 Å². The summed E-state index contributed by atoms with van der Waals surface area (Å²) in [6.45, 7) is 0.496. The minimum absolute atomic E-state index is 0.392. The summed E-state index contributed by atoms with van der Waals surface area (Å²) in [4.78, 5) is 0. The van der Waals surface area contributed by atoms with Crippen LogP contribution in [0.4, 0.5) is 0 Å². The minimum atomic E-state index is -0.647. The molecular weight excluding hydrogens is 264 g/mol. The second-order valence-electron chi connectivity index (χ2n) is 5.42. The highest BCUT2D eigenvalue weighted by molar-refractivity contribution is 5.37. The van der Waals surface area contributed by atoms with E-state index in [4.69, 9.17) is 9.47 Å². The van der Waals surface area contributed by atoms with E-state index in [1.165, 1.54) is 0 Å². The third-order valence-electron chi connectivity index (χ3n) is 3.67. The normalized spacial score (nSPS) is 15.7. The zero-order valence-corrected chi connectivity index (χ0v) is 12.2. The molecule has 1 unspecified atom stereocenters. The van der Waals surface area contributed by atoms with E-state index >= 15 is 0 Å². The van der Waals surface area contributed by atoms with Gasteiger partial charge in [0.25, 0.3) is 0 Å². The van der Waals surface area contributed by atoms with Crippen LogP contribution in [-0.2, 0) is 11.3 Å². The molecule has 1 aliphatic carbocycles. The lowest BCUT2D eigenvalue weighted by atomic mass is 9.97. The topological polar surface area (TPSA) is 38.7 Å². The summed E-state index contributed by atoms with van der Waals surface area (Å²) >= 11 is 0. The van der Waals surface area contributed by atoms with Crippen molar-refractivity contribution >= 4 is 0 Å². The van der Waals surface area contributed by atoms with Gasteiger partial charge >= 0.3 is 0 Å². The summed E-state index contributed by atoms with van der Waals surface area (Å²) in [5.74, 6) is 0.874. The van der Waals surface area contributed by atoms with Crippen LogP contribution in [0.3, 0.4) is 0 Å². The molecule has 0 aromatic heterocycles. The van der Waals surface area contributed by atoms with Gasteiger partial charge in [0.2, 0.25) is 0 Å². The molecule has 0 aliphatic heterocycles. The molecule has 0 heterocycles. The Balaban J connectivity index is 1.78. The summed E-state index contributed by atoms with van der Waals surface area (Å²) in [5, 5.41) is 10.6. The Kier molecular flexibility index (Phi) is 4.23. The van der Waals surface area contributed by atoms with E-state index in [2.05, 4.69) is 0 Å². The van der Waals surface area contributed by atoms with Crippen molar-refractivity contribution in [3.63, 3.8) is 0 Å². The van der Waals surface area contributed by atoms with Crippen LogP contribution in [0.1, 0.15) is 35.6 Å². The molecule has 2 aromatic carbocycles. The summed E-state index contributed by atoms with van der Waals surface area (Å²) < 4.78 is 10.9. The molecule has 3 nitrogen and oxygen atoms in total. The highest BCUT2D eigenvalue weighted by Gasteiger charge is 2.23. The van der Waals surface area contributed by atoms with Crippen molar-refractivity contribution in [2.75, 3.05) is 7.11 Å². The molecule has 1 N–H and O–H groups in total. The molecule has 0 spiro atoms. The number of methoxy groups -OCH3 is 1. The molecule has 0 radical (unpaired) electrons. The highest BCUT2D eigenvalue weighted by atomic mass is 16.5. The molecule has 0 bridgehead atoms. The van der Waals surface area contributed by atoms with Crippen molar-refractivity contribution in [3.8, 4) is 5.75 Å². The Labute approximate surface area is 125 Å². The van der Waals surface area contributed by atoms with Gasteiger partial charge in [-0.1, -0.05) is 36.4 Å². The number of rotatable bonds is 6. The average molecular weight is 284 g/mol. The van der Waals surface area contributed by atoms with Gasteiger partial charge in [-0.15, -0.1) is 0 Å². The van der Waals surface area contributed by atoms with Crippen LogP contribution in [0.2, 0.25) is 0 Å². The van der Waals surface area contributed by atoms with Gasteiger partial charge in [0.15, 0.2) is 0 Å². The first-order valence-corrected chi connectivity index (χ1v) is 7.29. The zero-order valence-electron chi connectivity index (χ0n) is 12.2. The maximum absolute atomic E-state index is 10.6. The summed E-state index contributed by atoms with van der Waals surface area (Å²) in [6.07, 6.45) is 2.04. The third kappa shape index (κ3) is 3.43. The molecule has 1 aliphatic rings. The van der Waals surface area contributed by atoms with E-state index < -0.39 is 6.10 Å². The molecule has 0 saturated heterocycles. The lowest BCUT2D eigenvalue weighted by Crippen LogP contribution is -2.05. The van der Waals surface area contributed by atoms with E-state index in [0.29, 0.717) is 12.7 Å².